The zero-order chi connectivity index (χ0) is 13.1. The third-order valence-corrected chi connectivity index (χ3v) is 4.65. The molecule has 1 N–H and O–H groups in total. The molecule has 0 radical (unpaired) electrons. The number of hydrogen-bond acceptors (Lipinski definition) is 5. The molecule has 0 aliphatic carbocycles. The van der Waals surface area contributed by atoms with E-state index in [1.807, 2.05) is 26.0 Å². The molecule has 1 amide bonds. The smallest absolute Gasteiger partial charge is 0.265 e. The van der Waals surface area contributed by atoms with Crippen LogP contribution in [-0.2, 0) is 6.42 Å². The highest BCUT2D eigenvalue weighted by molar-refractivity contribution is 7.16. The Balaban J connectivity index is 2.08. The molecule has 1 unspecified atom stereocenters. The maximum Gasteiger partial charge on any atom is 0.265 e. The molecule has 96 valence electrons. The molecule has 0 saturated carbocycles. The van der Waals surface area contributed by atoms with Crippen molar-refractivity contribution in [2.45, 2.75) is 26.3 Å². The van der Waals surface area contributed by atoms with Crippen molar-refractivity contribution in [3.05, 3.63) is 31.9 Å². The Hall–Kier alpha value is -0.980. The Morgan fingerprint density at radius 3 is 2.94 bits per heavy atom. The van der Waals surface area contributed by atoms with Crippen LogP contribution in [-0.4, -0.2) is 15.5 Å². The fourth-order valence-corrected chi connectivity index (χ4v) is 3.22. The number of aromatic nitrogens is 2. The molecule has 0 aromatic carbocycles. The molecule has 2 aromatic heterocycles. The number of rotatable bonds is 4. The predicted molar refractivity (Wildman–Crippen MR) is 74.5 cm³/mol. The van der Waals surface area contributed by atoms with Crippen LogP contribution in [0.2, 0.25) is 4.34 Å². The summed E-state index contributed by atoms with van der Waals surface area (Å²) >= 11 is 8.47. The van der Waals surface area contributed by atoms with Crippen molar-refractivity contribution in [1.82, 2.24) is 14.9 Å². The Bertz CT molecular complexity index is 552. The van der Waals surface area contributed by atoms with E-state index in [4.69, 9.17) is 11.6 Å². The molecule has 7 heteroatoms. The van der Waals surface area contributed by atoms with Crippen LogP contribution < -0.4 is 5.32 Å². The monoisotopic (exact) mass is 301 g/mol. The third kappa shape index (κ3) is 2.88. The van der Waals surface area contributed by atoms with Gasteiger partial charge in [-0.05, 0) is 37.0 Å². The quantitative estimate of drug-likeness (QED) is 0.942. The van der Waals surface area contributed by atoms with Gasteiger partial charge in [0.15, 0.2) is 0 Å². The molecule has 0 bridgehead atoms. The van der Waals surface area contributed by atoms with Crippen molar-refractivity contribution in [2.24, 2.45) is 0 Å². The highest BCUT2D eigenvalue weighted by Crippen LogP contribution is 2.27. The summed E-state index contributed by atoms with van der Waals surface area (Å²) in [6, 6.07) is 3.68. The average molecular weight is 302 g/mol. The fourth-order valence-electron chi connectivity index (χ4n) is 1.51. The molecule has 0 spiro atoms. The summed E-state index contributed by atoms with van der Waals surface area (Å²) in [5, 5.41) is 6.86. The van der Waals surface area contributed by atoms with Crippen molar-refractivity contribution in [2.75, 3.05) is 0 Å². The van der Waals surface area contributed by atoms with Crippen LogP contribution in [0.5, 0.6) is 0 Å². The first-order valence-electron chi connectivity index (χ1n) is 5.49. The van der Waals surface area contributed by atoms with E-state index in [1.165, 1.54) is 11.3 Å². The van der Waals surface area contributed by atoms with Gasteiger partial charge in [0.1, 0.15) is 4.88 Å². The van der Waals surface area contributed by atoms with Gasteiger partial charge in [-0.2, -0.15) is 0 Å². The Morgan fingerprint density at radius 2 is 2.33 bits per heavy atom. The number of carbonyl (C=O) groups is 1. The average Bonchev–Trinajstić information content (AvgIpc) is 2.96. The summed E-state index contributed by atoms with van der Waals surface area (Å²) in [5.74, 6) is -0.126. The van der Waals surface area contributed by atoms with E-state index in [1.54, 1.807) is 0 Å². The molecule has 1 atom stereocenters. The van der Waals surface area contributed by atoms with Gasteiger partial charge in [-0.15, -0.1) is 16.4 Å². The van der Waals surface area contributed by atoms with Gasteiger partial charge in [-0.3, -0.25) is 4.79 Å². The van der Waals surface area contributed by atoms with E-state index in [0.29, 0.717) is 11.3 Å². The fraction of sp³-hybridized carbons (Fsp3) is 0.364. The van der Waals surface area contributed by atoms with Crippen LogP contribution in [0.1, 0.15) is 40.1 Å². The number of carbonyl (C=O) groups excluding carboxylic acids is 1. The molecule has 18 heavy (non-hydrogen) atoms. The second-order valence-electron chi connectivity index (χ2n) is 3.74. The lowest BCUT2D eigenvalue weighted by Gasteiger charge is -2.11. The molecule has 0 fully saturated rings. The van der Waals surface area contributed by atoms with Gasteiger partial charge < -0.3 is 5.32 Å². The Kier molecular flexibility index (Phi) is 4.31. The second-order valence-corrected chi connectivity index (χ2v) is 6.24. The lowest BCUT2D eigenvalue weighted by molar-refractivity contribution is 0.0943. The number of thiophene rings is 1. The first-order valence-corrected chi connectivity index (χ1v) is 7.46. The topological polar surface area (TPSA) is 54.9 Å². The van der Waals surface area contributed by atoms with Crippen molar-refractivity contribution in [3.8, 4) is 0 Å². The zero-order valence-corrected chi connectivity index (χ0v) is 12.3. The van der Waals surface area contributed by atoms with E-state index in [0.717, 1.165) is 26.4 Å². The minimum Gasteiger partial charge on any atom is -0.344 e. The van der Waals surface area contributed by atoms with Gasteiger partial charge in [-0.1, -0.05) is 23.0 Å². The molecule has 2 heterocycles. The molecule has 0 aliphatic rings. The first-order chi connectivity index (χ1) is 8.61. The van der Waals surface area contributed by atoms with E-state index in [9.17, 15) is 4.79 Å². The van der Waals surface area contributed by atoms with Gasteiger partial charge >= 0.3 is 0 Å². The maximum absolute atomic E-state index is 12.1. The molecular weight excluding hydrogens is 290 g/mol. The van der Waals surface area contributed by atoms with Gasteiger partial charge in [0.2, 0.25) is 0 Å². The largest absolute Gasteiger partial charge is 0.344 e. The molecular formula is C11H12ClN3OS2. The minimum absolute atomic E-state index is 0.0678. The van der Waals surface area contributed by atoms with E-state index in [-0.39, 0.29) is 11.9 Å². The van der Waals surface area contributed by atoms with Gasteiger partial charge in [0.05, 0.1) is 16.1 Å². The summed E-state index contributed by atoms with van der Waals surface area (Å²) in [7, 11) is 0. The van der Waals surface area contributed by atoms with Crippen molar-refractivity contribution >= 4 is 40.4 Å². The molecule has 2 rings (SSSR count). The van der Waals surface area contributed by atoms with E-state index >= 15 is 0 Å². The first kappa shape index (κ1) is 13.5. The Morgan fingerprint density at radius 1 is 1.56 bits per heavy atom. The van der Waals surface area contributed by atoms with Crippen molar-refractivity contribution in [1.29, 1.82) is 0 Å². The SMILES string of the molecule is CCc1nnsc1C(=O)NC(C)c1ccc(Cl)s1. The Labute approximate surface area is 118 Å². The summed E-state index contributed by atoms with van der Waals surface area (Å²) in [6.45, 7) is 3.89. The van der Waals surface area contributed by atoms with Crippen LogP contribution >= 0.6 is 34.5 Å². The molecule has 0 aliphatic heterocycles. The van der Waals surface area contributed by atoms with Crippen LogP contribution in [0.15, 0.2) is 12.1 Å². The highest BCUT2D eigenvalue weighted by atomic mass is 35.5. The van der Waals surface area contributed by atoms with Gasteiger partial charge in [0, 0.05) is 4.88 Å². The number of hydrogen-bond donors (Lipinski definition) is 1. The maximum atomic E-state index is 12.1. The third-order valence-electron chi connectivity index (χ3n) is 2.47. The lowest BCUT2D eigenvalue weighted by Crippen LogP contribution is -2.26. The van der Waals surface area contributed by atoms with Crippen molar-refractivity contribution in [3.63, 3.8) is 0 Å². The number of nitrogens with one attached hydrogen (secondary N) is 1. The number of halogens is 1. The summed E-state index contributed by atoms with van der Waals surface area (Å²) < 4.78 is 4.53. The van der Waals surface area contributed by atoms with Gasteiger partial charge in [0.25, 0.3) is 5.91 Å². The number of nitrogens with zero attached hydrogens (tertiary/aromatic N) is 2. The van der Waals surface area contributed by atoms with Crippen LogP contribution in [0.25, 0.3) is 0 Å². The summed E-state index contributed by atoms with van der Waals surface area (Å²) in [6.07, 6.45) is 0.707. The summed E-state index contributed by atoms with van der Waals surface area (Å²) in [4.78, 5) is 13.7. The highest BCUT2D eigenvalue weighted by Gasteiger charge is 2.18. The van der Waals surface area contributed by atoms with Gasteiger partial charge in [-0.25, -0.2) is 0 Å². The normalized spacial score (nSPS) is 12.4. The van der Waals surface area contributed by atoms with Crippen LogP contribution in [0.3, 0.4) is 0 Å². The van der Waals surface area contributed by atoms with E-state index < -0.39 is 0 Å². The molecule has 2 aromatic rings. The number of aryl methyl sites for hydroxylation is 1. The van der Waals surface area contributed by atoms with Crippen LogP contribution in [0, 0.1) is 0 Å². The predicted octanol–water partition coefficient (Wildman–Crippen LogP) is 3.31. The standard InChI is InChI=1S/C11H12ClN3OS2/c1-3-7-10(18-15-14-7)11(16)13-6(2)8-4-5-9(12)17-8/h4-6H,3H2,1-2H3,(H,13,16). The lowest BCUT2D eigenvalue weighted by atomic mass is 10.2. The minimum atomic E-state index is -0.126. The molecule has 0 saturated heterocycles. The second kappa shape index (κ2) is 5.77. The molecule has 4 nitrogen and oxygen atoms in total. The van der Waals surface area contributed by atoms with Crippen LogP contribution in [0.4, 0.5) is 0 Å². The number of amides is 1. The zero-order valence-electron chi connectivity index (χ0n) is 9.94. The van der Waals surface area contributed by atoms with E-state index in [2.05, 4.69) is 14.9 Å². The van der Waals surface area contributed by atoms with Crippen molar-refractivity contribution < 1.29 is 4.79 Å². The summed E-state index contributed by atoms with van der Waals surface area (Å²) in [5.41, 5.74) is 0.744.